The van der Waals surface area contributed by atoms with Crippen LogP contribution in [0.25, 0.3) is 0 Å². The van der Waals surface area contributed by atoms with E-state index >= 15 is 0 Å². The first-order chi connectivity index (χ1) is 0. The summed E-state index contributed by atoms with van der Waals surface area (Å²) < 4.78 is 0. The molecular formula is H3AlHoTmY. The van der Waals surface area contributed by atoms with Gasteiger partial charge in [-0.1, -0.05) is 0 Å². The fourth-order valence-electron chi connectivity index (χ4n) is 0. The fraction of sp³-hybridized carbons (Fsp3) is 0. The van der Waals surface area contributed by atoms with Gasteiger partial charge in [-0.2, -0.15) is 0 Å². The molecule has 0 bridgehead atoms. The van der Waals surface area contributed by atoms with Crippen molar-refractivity contribution in [2.75, 3.05) is 0 Å². The third-order valence-corrected chi connectivity index (χ3v) is 0. The monoisotopic (exact) mass is 453 g/mol. The Labute approximate surface area is 121 Å². The summed E-state index contributed by atoms with van der Waals surface area (Å²) in [5, 5.41) is 0. The molecule has 0 aliphatic heterocycles. The molecule has 0 aromatic heterocycles. The molecular weight excluding hydrogens is 450 g/mol. The van der Waals surface area contributed by atoms with Gasteiger partial charge in [0.1, 0.15) is 0 Å². The number of hydrogen-bond acceptors (Lipinski definition) is 0. The molecule has 4 heteroatoms. The summed E-state index contributed by atoms with van der Waals surface area (Å²) in [5.74, 6) is 0. The molecule has 0 fully saturated rings. The molecule has 0 unspecified atom stereocenters. The van der Waals surface area contributed by atoms with Crippen molar-refractivity contribution in [3.05, 3.63) is 0 Å². The third-order valence-electron chi connectivity index (χ3n) is 0. The minimum absolute atomic E-state index is 0. The van der Waals surface area contributed by atoms with Gasteiger partial charge in [0, 0.05) is 107 Å². The summed E-state index contributed by atoms with van der Waals surface area (Å²) in [4.78, 5) is 0. The van der Waals surface area contributed by atoms with Crippen LogP contribution in [0.3, 0.4) is 0 Å². The summed E-state index contributed by atoms with van der Waals surface area (Å²) in [5.41, 5.74) is 0. The van der Waals surface area contributed by atoms with E-state index < -0.39 is 0 Å². The van der Waals surface area contributed by atoms with E-state index in [1.54, 1.807) is 0 Å². The van der Waals surface area contributed by atoms with Gasteiger partial charge < -0.3 is 0 Å². The van der Waals surface area contributed by atoms with Gasteiger partial charge in [0.25, 0.3) is 0 Å². The normalized spacial score (nSPS) is 0. The molecule has 0 aromatic carbocycles. The largest absolute Gasteiger partial charge is 0.187 e. The summed E-state index contributed by atoms with van der Waals surface area (Å²) >= 11 is 0. The van der Waals surface area contributed by atoms with Gasteiger partial charge in [0.05, 0.1) is 0 Å². The topological polar surface area (TPSA) is 0 Å². The maximum atomic E-state index is 0. The van der Waals surface area contributed by atoms with E-state index in [1.165, 1.54) is 0 Å². The molecule has 0 spiro atoms. The van der Waals surface area contributed by atoms with Gasteiger partial charge in [-0.05, 0) is 0 Å². The molecule has 0 rings (SSSR count). The predicted octanol–water partition coefficient (Wildman–Crippen LogP) is -1.19. The van der Waals surface area contributed by atoms with Crippen molar-refractivity contribution in [2.24, 2.45) is 0 Å². The molecule has 0 aliphatic rings. The van der Waals surface area contributed by atoms with Gasteiger partial charge in [-0.3, -0.25) is 0 Å². The smallest absolute Gasteiger partial charge is 0 e. The van der Waals surface area contributed by atoms with Crippen LogP contribution in [-0.4, -0.2) is 17.4 Å². The van der Waals surface area contributed by atoms with Gasteiger partial charge in [-0.25, -0.2) is 0 Å². The molecule has 0 heterocycles. The van der Waals surface area contributed by atoms with Crippen LogP contribution in [0.15, 0.2) is 0 Å². The van der Waals surface area contributed by atoms with Crippen LogP contribution in [0.2, 0.25) is 0 Å². The van der Waals surface area contributed by atoms with E-state index in [0.29, 0.717) is 0 Å². The minimum Gasteiger partial charge on any atom is 0 e. The van der Waals surface area contributed by atoms with Crippen molar-refractivity contribution in [1.82, 2.24) is 0 Å². The maximum Gasteiger partial charge on any atom is 0.187 e. The Balaban J connectivity index is 0. The summed E-state index contributed by atoms with van der Waals surface area (Å²) in [6.07, 6.45) is 0. The zero-order valence-corrected chi connectivity index (χ0v) is 7.71. The van der Waals surface area contributed by atoms with E-state index in [9.17, 15) is 0 Å². The van der Waals surface area contributed by atoms with Crippen molar-refractivity contribution < 1.29 is 107 Å². The minimum atomic E-state index is 0. The molecule has 33 valence electrons. The Morgan fingerprint density at radius 3 is 1.00 bits per heavy atom. The maximum absolute atomic E-state index is 0. The second-order valence-electron chi connectivity index (χ2n) is 0. The van der Waals surface area contributed by atoms with Gasteiger partial charge in [0.2, 0.25) is 0 Å². The van der Waals surface area contributed by atoms with Crippen molar-refractivity contribution in [1.29, 1.82) is 0 Å². The van der Waals surface area contributed by atoms with Crippen molar-refractivity contribution in [3.63, 3.8) is 0 Å². The average Bonchev–Trinajstić information content (AvgIpc) is 0. The second kappa shape index (κ2) is 15.7. The van der Waals surface area contributed by atoms with Crippen molar-refractivity contribution >= 4 is 17.4 Å². The molecule has 0 saturated carbocycles. The van der Waals surface area contributed by atoms with Crippen LogP contribution in [-0.2, 0) is 32.7 Å². The van der Waals surface area contributed by atoms with Crippen LogP contribution in [0, 0.1) is 74.6 Å². The van der Waals surface area contributed by atoms with Crippen LogP contribution in [0.1, 0.15) is 0 Å². The Morgan fingerprint density at radius 1 is 1.00 bits per heavy atom. The molecule has 3 radical (unpaired) electrons. The Morgan fingerprint density at radius 2 is 1.00 bits per heavy atom. The van der Waals surface area contributed by atoms with E-state index in [0.717, 1.165) is 0 Å². The van der Waals surface area contributed by atoms with Gasteiger partial charge >= 0.3 is 0 Å². The van der Waals surface area contributed by atoms with Crippen LogP contribution in [0.4, 0.5) is 0 Å². The van der Waals surface area contributed by atoms with Gasteiger partial charge in [-0.15, -0.1) is 0 Å². The van der Waals surface area contributed by atoms with Crippen LogP contribution < -0.4 is 0 Å². The molecule has 4 heavy (non-hydrogen) atoms. The quantitative estimate of drug-likeness (QED) is 0.406. The summed E-state index contributed by atoms with van der Waals surface area (Å²) in [6.45, 7) is 0. The molecule has 0 amide bonds. The summed E-state index contributed by atoms with van der Waals surface area (Å²) in [6, 6.07) is 0. The molecule has 0 N–H and O–H groups in total. The Bertz CT molecular complexity index is 8.00. The SMILES string of the molecule is [AlH3].[Ho].[Tm].[Y]. The summed E-state index contributed by atoms with van der Waals surface area (Å²) in [7, 11) is 0. The Kier molecular flexibility index (Phi) is 95.2. The molecule has 0 aliphatic carbocycles. The molecule has 0 nitrogen and oxygen atoms in total. The van der Waals surface area contributed by atoms with E-state index in [-0.39, 0.29) is 125 Å². The zero-order chi connectivity index (χ0) is 0. The number of hydrogen-bond donors (Lipinski definition) is 0. The molecule has 0 aromatic rings. The zero-order valence-electron chi connectivity index (χ0n) is 1.16. The van der Waals surface area contributed by atoms with E-state index in [1.807, 2.05) is 0 Å². The van der Waals surface area contributed by atoms with Crippen molar-refractivity contribution in [2.45, 2.75) is 0 Å². The predicted molar refractivity (Wildman–Crippen MR) is 9.94 cm³/mol. The first-order valence-electron chi connectivity index (χ1n) is 0. The van der Waals surface area contributed by atoms with Gasteiger partial charge in [0.15, 0.2) is 17.4 Å². The second-order valence-corrected chi connectivity index (χ2v) is 0. The average molecular weight is 453 g/mol. The van der Waals surface area contributed by atoms with E-state index in [4.69, 9.17) is 0 Å². The van der Waals surface area contributed by atoms with Crippen LogP contribution in [0.5, 0.6) is 0 Å². The number of rotatable bonds is 0. The third kappa shape index (κ3) is 9.46. The first kappa shape index (κ1) is 24.2. The van der Waals surface area contributed by atoms with Crippen LogP contribution >= 0.6 is 0 Å². The molecule has 0 saturated heterocycles. The Hall–Kier alpha value is 4.13. The van der Waals surface area contributed by atoms with Crippen molar-refractivity contribution in [3.8, 4) is 0 Å². The first-order valence-corrected chi connectivity index (χ1v) is 0. The fourth-order valence-corrected chi connectivity index (χ4v) is 0. The standard InChI is InChI=1S/Al.Ho.Tm.Y.3H. The molecule has 0 atom stereocenters. The van der Waals surface area contributed by atoms with E-state index in [2.05, 4.69) is 0 Å².